The van der Waals surface area contributed by atoms with Crippen LogP contribution in [0.2, 0.25) is 5.02 Å². The van der Waals surface area contributed by atoms with Crippen molar-refractivity contribution in [3.63, 3.8) is 0 Å². The van der Waals surface area contributed by atoms with Crippen molar-refractivity contribution in [3.05, 3.63) is 70.5 Å². The van der Waals surface area contributed by atoms with Crippen molar-refractivity contribution in [2.45, 2.75) is 33.2 Å². The Bertz CT molecular complexity index is 1250. The maximum Gasteiger partial charge on any atom is 0.357 e. The third-order valence-electron chi connectivity index (χ3n) is 4.89. The largest absolute Gasteiger partial charge is 0.488 e. The number of H-pyrrole nitrogens is 1. The zero-order valence-electron chi connectivity index (χ0n) is 17.6. The number of esters is 1. The maximum atomic E-state index is 12.7. The Hall–Kier alpha value is -3.09. The van der Waals surface area contributed by atoms with Crippen LogP contribution >= 0.6 is 11.6 Å². The van der Waals surface area contributed by atoms with Gasteiger partial charge in [-0.2, -0.15) is 0 Å². The molecule has 0 aliphatic carbocycles. The summed E-state index contributed by atoms with van der Waals surface area (Å²) < 4.78 is 17.0. The van der Waals surface area contributed by atoms with Gasteiger partial charge in [-0.25, -0.2) is 9.78 Å². The number of carbonyl (C=O) groups is 1. The first-order chi connectivity index (χ1) is 15.0. The molecule has 31 heavy (non-hydrogen) atoms. The summed E-state index contributed by atoms with van der Waals surface area (Å²) in [6.07, 6.45) is 1.39. The molecule has 0 aliphatic heterocycles. The van der Waals surface area contributed by atoms with E-state index in [1.165, 1.54) is 0 Å². The zero-order valence-corrected chi connectivity index (χ0v) is 18.3. The quantitative estimate of drug-likeness (QED) is 0.377. The fourth-order valence-corrected chi connectivity index (χ4v) is 3.78. The highest BCUT2D eigenvalue weighted by Gasteiger charge is 2.22. The molecule has 0 amide bonds. The predicted octanol–water partition coefficient (Wildman–Crippen LogP) is 5.66. The number of benzene rings is 2. The summed E-state index contributed by atoms with van der Waals surface area (Å²) in [7, 11) is 1.58. The Morgan fingerprint density at radius 3 is 2.61 bits per heavy atom. The number of carbonyl (C=O) groups excluding carboxylic acids is 1. The molecule has 0 unspecified atom stereocenters. The summed E-state index contributed by atoms with van der Waals surface area (Å²) in [5.74, 6) is 0.197. The summed E-state index contributed by atoms with van der Waals surface area (Å²) in [5, 5.41) is 2.34. The van der Waals surface area contributed by atoms with Crippen LogP contribution in [0.5, 0.6) is 5.75 Å². The van der Waals surface area contributed by atoms with E-state index in [9.17, 15) is 4.79 Å². The van der Waals surface area contributed by atoms with Crippen LogP contribution in [0.4, 0.5) is 0 Å². The van der Waals surface area contributed by atoms with Gasteiger partial charge in [0.05, 0.1) is 29.9 Å². The summed E-state index contributed by atoms with van der Waals surface area (Å²) >= 11 is 6.28. The van der Waals surface area contributed by atoms with E-state index in [-0.39, 0.29) is 18.4 Å². The fraction of sp³-hybridized carbons (Fsp3) is 0.250. The number of nitrogens with zero attached hydrogens (tertiary/aromatic N) is 1. The molecule has 2 aromatic heterocycles. The summed E-state index contributed by atoms with van der Waals surface area (Å²) in [6.45, 7) is 4.13. The van der Waals surface area contributed by atoms with Crippen LogP contribution in [0.1, 0.15) is 35.5 Å². The Morgan fingerprint density at radius 1 is 1.06 bits per heavy atom. The molecule has 7 heteroatoms. The number of fused-ring (bicyclic) bond motifs is 3. The Kier molecular flexibility index (Phi) is 6.11. The highest BCUT2D eigenvalue weighted by molar-refractivity contribution is 6.31. The van der Waals surface area contributed by atoms with E-state index in [0.29, 0.717) is 22.9 Å². The van der Waals surface area contributed by atoms with E-state index in [0.717, 1.165) is 27.4 Å². The number of methoxy groups -OCH3 is 1. The fourth-order valence-electron chi connectivity index (χ4n) is 3.59. The number of hydrogen-bond acceptors (Lipinski definition) is 5. The number of pyridine rings is 1. The van der Waals surface area contributed by atoms with Crippen molar-refractivity contribution in [2.75, 3.05) is 7.11 Å². The van der Waals surface area contributed by atoms with Crippen LogP contribution in [0, 0.1) is 0 Å². The van der Waals surface area contributed by atoms with Gasteiger partial charge in [-0.05, 0) is 32.0 Å². The Morgan fingerprint density at radius 2 is 1.87 bits per heavy atom. The lowest BCUT2D eigenvalue weighted by Crippen LogP contribution is -2.15. The van der Waals surface area contributed by atoms with Crippen molar-refractivity contribution < 1.29 is 19.0 Å². The van der Waals surface area contributed by atoms with Gasteiger partial charge < -0.3 is 19.2 Å². The van der Waals surface area contributed by atoms with E-state index < -0.39 is 5.97 Å². The SMILES string of the molecule is COCc1c(C(=O)OC(C)C)ncc2[nH]c3cccc(OCc4ccccc4Cl)c3c12. The van der Waals surface area contributed by atoms with Gasteiger partial charge in [0, 0.05) is 34.0 Å². The maximum absolute atomic E-state index is 12.7. The Labute approximate surface area is 185 Å². The van der Waals surface area contributed by atoms with Crippen molar-refractivity contribution in [2.24, 2.45) is 0 Å². The third kappa shape index (κ3) is 4.22. The molecule has 4 aromatic rings. The number of rotatable bonds is 7. The van der Waals surface area contributed by atoms with E-state index in [1.54, 1.807) is 27.2 Å². The molecule has 0 bridgehead atoms. The van der Waals surface area contributed by atoms with Gasteiger partial charge in [0.25, 0.3) is 0 Å². The third-order valence-corrected chi connectivity index (χ3v) is 5.26. The molecule has 0 radical (unpaired) electrons. The Balaban J connectivity index is 1.85. The average molecular weight is 439 g/mol. The molecule has 0 aliphatic rings. The number of aromatic amines is 1. The molecule has 1 N–H and O–H groups in total. The highest BCUT2D eigenvalue weighted by atomic mass is 35.5. The molecule has 6 nitrogen and oxygen atoms in total. The van der Waals surface area contributed by atoms with Crippen molar-refractivity contribution in [3.8, 4) is 5.75 Å². The number of aromatic nitrogens is 2. The molecular formula is C24H23ClN2O4. The van der Waals surface area contributed by atoms with Gasteiger partial charge in [0.2, 0.25) is 0 Å². The lowest BCUT2D eigenvalue weighted by atomic mass is 10.0. The predicted molar refractivity (Wildman–Crippen MR) is 121 cm³/mol. The molecule has 160 valence electrons. The van der Waals surface area contributed by atoms with E-state index in [2.05, 4.69) is 9.97 Å². The molecule has 4 rings (SSSR count). The number of ether oxygens (including phenoxy) is 3. The molecular weight excluding hydrogens is 416 g/mol. The molecule has 2 aromatic carbocycles. The number of nitrogens with one attached hydrogen (secondary N) is 1. The van der Waals surface area contributed by atoms with Crippen LogP contribution < -0.4 is 4.74 Å². The second-order valence-electron chi connectivity index (χ2n) is 7.44. The first kappa shape index (κ1) is 21.2. The standard InChI is InChI=1S/C24H23ClN2O4/c1-14(2)31-24(28)23-16(13-29-3)21-19(11-26-23)27-18-9-6-10-20(22(18)21)30-12-15-7-4-5-8-17(15)25/h4-11,14,27H,12-13H2,1-3H3. The first-order valence-electron chi connectivity index (χ1n) is 9.98. The topological polar surface area (TPSA) is 73.4 Å². The van der Waals surface area contributed by atoms with E-state index in [1.807, 2.05) is 42.5 Å². The molecule has 0 atom stereocenters. The number of halogens is 1. The molecule has 0 saturated heterocycles. The van der Waals surface area contributed by atoms with Crippen LogP contribution in [0.15, 0.2) is 48.7 Å². The van der Waals surface area contributed by atoms with E-state index in [4.69, 9.17) is 25.8 Å². The summed E-state index contributed by atoms with van der Waals surface area (Å²) in [6, 6.07) is 13.3. The van der Waals surface area contributed by atoms with Crippen LogP contribution in [0.25, 0.3) is 21.8 Å². The second-order valence-corrected chi connectivity index (χ2v) is 7.85. The van der Waals surface area contributed by atoms with Gasteiger partial charge >= 0.3 is 5.97 Å². The van der Waals surface area contributed by atoms with Crippen LogP contribution in [0.3, 0.4) is 0 Å². The zero-order chi connectivity index (χ0) is 22.0. The smallest absolute Gasteiger partial charge is 0.357 e. The van der Waals surface area contributed by atoms with Gasteiger partial charge in [0.1, 0.15) is 12.4 Å². The van der Waals surface area contributed by atoms with Crippen molar-refractivity contribution in [1.82, 2.24) is 9.97 Å². The average Bonchev–Trinajstić information content (AvgIpc) is 3.12. The summed E-state index contributed by atoms with van der Waals surface area (Å²) in [5.41, 5.74) is 3.45. The normalized spacial score (nSPS) is 11.4. The number of hydrogen-bond donors (Lipinski definition) is 1. The monoisotopic (exact) mass is 438 g/mol. The van der Waals surface area contributed by atoms with Gasteiger partial charge in [0.15, 0.2) is 5.69 Å². The lowest BCUT2D eigenvalue weighted by molar-refractivity contribution is 0.0366. The first-order valence-corrected chi connectivity index (χ1v) is 10.4. The summed E-state index contributed by atoms with van der Waals surface area (Å²) in [4.78, 5) is 20.4. The van der Waals surface area contributed by atoms with Gasteiger partial charge in [-0.3, -0.25) is 0 Å². The lowest BCUT2D eigenvalue weighted by Gasteiger charge is -2.13. The minimum atomic E-state index is -0.479. The van der Waals surface area contributed by atoms with Crippen molar-refractivity contribution in [1.29, 1.82) is 0 Å². The van der Waals surface area contributed by atoms with E-state index >= 15 is 0 Å². The van der Waals surface area contributed by atoms with Crippen molar-refractivity contribution >= 4 is 39.4 Å². The van der Waals surface area contributed by atoms with Crippen LogP contribution in [-0.4, -0.2) is 29.2 Å². The molecule has 2 heterocycles. The second kappa shape index (κ2) is 8.96. The molecule has 0 saturated carbocycles. The molecule has 0 fully saturated rings. The van der Waals surface area contributed by atoms with Gasteiger partial charge in [-0.15, -0.1) is 0 Å². The van der Waals surface area contributed by atoms with Gasteiger partial charge in [-0.1, -0.05) is 35.9 Å². The van der Waals surface area contributed by atoms with Crippen LogP contribution in [-0.2, 0) is 22.7 Å². The highest BCUT2D eigenvalue weighted by Crippen LogP contribution is 2.37. The minimum Gasteiger partial charge on any atom is -0.488 e. The minimum absolute atomic E-state index is 0.207. The molecule has 0 spiro atoms.